The van der Waals surface area contributed by atoms with Gasteiger partial charge in [-0.2, -0.15) is 0 Å². The van der Waals surface area contributed by atoms with Gasteiger partial charge >= 0.3 is 0 Å². The Labute approximate surface area is 116 Å². The Hall–Kier alpha value is -0.510. The monoisotopic (exact) mass is 266 g/mol. The van der Waals surface area contributed by atoms with Crippen LogP contribution >= 0.6 is 11.8 Å². The molecule has 2 nitrogen and oxygen atoms in total. The highest BCUT2D eigenvalue weighted by Gasteiger charge is 2.31. The lowest BCUT2D eigenvalue weighted by Crippen LogP contribution is -2.35. The van der Waals surface area contributed by atoms with E-state index in [0.717, 1.165) is 13.0 Å². The summed E-state index contributed by atoms with van der Waals surface area (Å²) in [6, 6.07) is 9.30. The normalized spacial score (nSPS) is 13.9. The van der Waals surface area contributed by atoms with E-state index in [1.165, 1.54) is 10.5 Å². The summed E-state index contributed by atoms with van der Waals surface area (Å²) in [5.41, 5.74) is 7.31. The van der Waals surface area contributed by atoms with Gasteiger partial charge in [0.05, 0.1) is 0 Å². The summed E-state index contributed by atoms with van der Waals surface area (Å²) < 4.78 is 0. The van der Waals surface area contributed by atoms with Gasteiger partial charge in [-0.1, -0.05) is 26.0 Å². The molecule has 0 amide bonds. The van der Waals surface area contributed by atoms with Crippen molar-refractivity contribution in [1.82, 2.24) is 4.90 Å². The molecule has 0 aliphatic rings. The van der Waals surface area contributed by atoms with Crippen LogP contribution in [-0.4, -0.2) is 31.8 Å². The second-order valence-corrected chi connectivity index (χ2v) is 6.55. The van der Waals surface area contributed by atoms with Gasteiger partial charge in [-0.15, -0.1) is 11.8 Å². The average Bonchev–Trinajstić information content (AvgIpc) is 2.29. The minimum Gasteiger partial charge on any atom is -0.330 e. The molecule has 0 saturated heterocycles. The van der Waals surface area contributed by atoms with E-state index < -0.39 is 0 Å². The summed E-state index contributed by atoms with van der Waals surface area (Å²) in [5.74, 6) is 0. The third-order valence-electron chi connectivity index (χ3n) is 3.48. The Balaban J connectivity index is 3.04. The average molecular weight is 266 g/mol. The Bertz CT molecular complexity index is 357. The standard InChI is InChI=1S/C15H26N2S/c1-15(2,10-11-16)14(17(3)4)12-6-8-13(18-5)9-7-12/h6-9,14H,10-11,16H2,1-5H3. The quantitative estimate of drug-likeness (QED) is 0.800. The van der Waals surface area contributed by atoms with Gasteiger partial charge in [0, 0.05) is 10.9 Å². The molecule has 0 saturated carbocycles. The van der Waals surface area contributed by atoms with Crippen molar-refractivity contribution < 1.29 is 0 Å². The Morgan fingerprint density at radius 1 is 1.22 bits per heavy atom. The molecule has 0 aromatic heterocycles. The van der Waals surface area contributed by atoms with Crippen LogP contribution in [0, 0.1) is 5.41 Å². The highest BCUT2D eigenvalue weighted by Crippen LogP contribution is 2.39. The van der Waals surface area contributed by atoms with E-state index in [1.54, 1.807) is 11.8 Å². The van der Waals surface area contributed by atoms with Crippen molar-refractivity contribution in [3.8, 4) is 0 Å². The molecule has 1 unspecified atom stereocenters. The van der Waals surface area contributed by atoms with Crippen molar-refractivity contribution in [3.05, 3.63) is 29.8 Å². The van der Waals surface area contributed by atoms with Crippen molar-refractivity contribution in [3.63, 3.8) is 0 Å². The first-order valence-electron chi connectivity index (χ1n) is 6.43. The lowest BCUT2D eigenvalue weighted by Gasteiger charge is -2.39. The maximum atomic E-state index is 5.75. The Morgan fingerprint density at radius 2 is 1.78 bits per heavy atom. The molecule has 0 heterocycles. The van der Waals surface area contributed by atoms with Gasteiger partial charge in [0.1, 0.15) is 0 Å². The molecule has 0 aliphatic carbocycles. The van der Waals surface area contributed by atoms with Crippen LogP contribution in [0.15, 0.2) is 29.2 Å². The summed E-state index contributed by atoms with van der Waals surface area (Å²) in [7, 11) is 4.29. The molecule has 0 bridgehead atoms. The number of hydrogen-bond donors (Lipinski definition) is 1. The van der Waals surface area contributed by atoms with Crippen LogP contribution in [0.2, 0.25) is 0 Å². The second kappa shape index (κ2) is 6.60. The molecule has 1 aromatic rings. The molecule has 1 atom stereocenters. The molecular weight excluding hydrogens is 240 g/mol. The molecule has 18 heavy (non-hydrogen) atoms. The third-order valence-corrected chi connectivity index (χ3v) is 4.22. The van der Waals surface area contributed by atoms with Gasteiger partial charge in [0.2, 0.25) is 0 Å². The fraction of sp³-hybridized carbons (Fsp3) is 0.600. The lowest BCUT2D eigenvalue weighted by atomic mass is 9.77. The Kier molecular flexibility index (Phi) is 5.70. The minimum absolute atomic E-state index is 0.180. The van der Waals surface area contributed by atoms with Gasteiger partial charge in [-0.25, -0.2) is 0 Å². The first-order chi connectivity index (χ1) is 8.42. The van der Waals surface area contributed by atoms with E-state index >= 15 is 0 Å². The molecule has 0 fully saturated rings. The van der Waals surface area contributed by atoms with E-state index in [2.05, 4.69) is 63.4 Å². The molecule has 0 spiro atoms. The zero-order valence-corrected chi connectivity index (χ0v) is 13.1. The first kappa shape index (κ1) is 15.5. The Morgan fingerprint density at radius 3 is 2.17 bits per heavy atom. The molecule has 0 aliphatic heterocycles. The van der Waals surface area contributed by atoms with E-state index in [9.17, 15) is 0 Å². The molecule has 1 aromatic carbocycles. The van der Waals surface area contributed by atoms with Crippen LogP contribution in [0.1, 0.15) is 31.9 Å². The zero-order valence-electron chi connectivity index (χ0n) is 12.2. The van der Waals surface area contributed by atoms with Crippen LogP contribution in [0.25, 0.3) is 0 Å². The highest BCUT2D eigenvalue weighted by atomic mass is 32.2. The van der Waals surface area contributed by atoms with Crippen LogP contribution in [0.5, 0.6) is 0 Å². The van der Waals surface area contributed by atoms with Crippen molar-refractivity contribution in [2.45, 2.75) is 31.2 Å². The number of nitrogens with two attached hydrogens (primary N) is 1. The zero-order chi connectivity index (χ0) is 13.8. The van der Waals surface area contributed by atoms with E-state index in [4.69, 9.17) is 5.73 Å². The number of rotatable bonds is 6. The topological polar surface area (TPSA) is 29.3 Å². The van der Waals surface area contributed by atoms with E-state index in [1.807, 2.05) is 0 Å². The smallest absolute Gasteiger partial charge is 0.0393 e. The van der Waals surface area contributed by atoms with Gasteiger partial charge in [-0.3, -0.25) is 0 Å². The fourth-order valence-electron chi connectivity index (χ4n) is 2.74. The number of hydrogen-bond acceptors (Lipinski definition) is 3. The van der Waals surface area contributed by atoms with Crippen LogP contribution in [0.3, 0.4) is 0 Å². The molecule has 3 heteroatoms. The van der Waals surface area contributed by atoms with Crippen LogP contribution < -0.4 is 5.73 Å². The van der Waals surface area contributed by atoms with Crippen molar-refractivity contribution in [2.75, 3.05) is 26.9 Å². The van der Waals surface area contributed by atoms with Gasteiger partial charge in [0.25, 0.3) is 0 Å². The van der Waals surface area contributed by atoms with Gasteiger partial charge < -0.3 is 10.6 Å². The predicted octanol–water partition coefficient (Wildman–Crippen LogP) is 3.39. The molecule has 0 radical (unpaired) electrons. The number of benzene rings is 1. The third kappa shape index (κ3) is 3.74. The summed E-state index contributed by atoms with van der Waals surface area (Å²) >= 11 is 1.78. The number of thioether (sulfide) groups is 1. The summed E-state index contributed by atoms with van der Waals surface area (Å²) in [6.45, 7) is 5.33. The molecule has 2 N–H and O–H groups in total. The summed E-state index contributed by atoms with van der Waals surface area (Å²) in [6.07, 6.45) is 3.14. The first-order valence-corrected chi connectivity index (χ1v) is 7.65. The fourth-order valence-corrected chi connectivity index (χ4v) is 3.15. The van der Waals surface area contributed by atoms with Crippen molar-refractivity contribution in [1.29, 1.82) is 0 Å². The summed E-state index contributed by atoms with van der Waals surface area (Å²) in [5, 5.41) is 0. The lowest BCUT2D eigenvalue weighted by molar-refractivity contribution is 0.128. The largest absolute Gasteiger partial charge is 0.330 e. The maximum absolute atomic E-state index is 5.75. The van der Waals surface area contributed by atoms with E-state index in [-0.39, 0.29) is 5.41 Å². The van der Waals surface area contributed by atoms with Gasteiger partial charge in [-0.05, 0) is 56.4 Å². The second-order valence-electron chi connectivity index (χ2n) is 5.67. The van der Waals surface area contributed by atoms with Crippen molar-refractivity contribution in [2.24, 2.45) is 11.1 Å². The number of nitrogens with zero attached hydrogens (tertiary/aromatic N) is 1. The maximum Gasteiger partial charge on any atom is 0.0393 e. The summed E-state index contributed by atoms with van der Waals surface area (Å²) in [4.78, 5) is 3.61. The molecule has 1 rings (SSSR count). The van der Waals surface area contributed by atoms with Crippen LogP contribution in [-0.2, 0) is 0 Å². The van der Waals surface area contributed by atoms with Gasteiger partial charge in [0.15, 0.2) is 0 Å². The molecular formula is C15H26N2S. The SMILES string of the molecule is CSc1ccc(C(N(C)C)C(C)(C)CCN)cc1. The predicted molar refractivity (Wildman–Crippen MR) is 82.1 cm³/mol. The highest BCUT2D eigenvalue weighted by molar-refractivity contribution is 7.98. The molecule has 102 valence electrons. The van der Waals surface area contributed by atoms with Crippen LogP contribution in [0.4, 0.5) is 0 Å². The van der Waals surface area contributed by atoms with E-state index in [0.29, 0.717) is 6.04 Å². The van der Waals surface area contributed by atoms with Crippen molar-refractivity contribution >= 4 is 11.8 Å². The minimum atomic E-state index is 0.180.